The normalized spacial score (nSPS) is 35.5. The molecule has 1 heterocycles. The lowest BCUT2D eigenvalue weighted by Crippen LogP contribution is -2.36. The van der Waals surface area contributed by atoms with Gasteiger partial charge in [-0.2, -0.15) is 0 Å². The van der Waals surface area contributed by atoms with Gasteiger partial charge in [0.25, 0.3) is 0 Å². The van der Waals surface area contributed by atoms with Gasteiger partial charge in [-0.3, -0.25) is 4.99 Å². The lowest BCUT2D eigenvalue weighted by atomic mass is 9.93. The Hall–Kier alpha value is -0.630. The van der Waals surface area contributed by atoms with Crippen LogP contribution in [-0.2, 0) is 0 Å². The number of nitrogens with one attached hydrogen (secondary N) is 1. The van der Waals surface area contributed by atoms with Crippen LogP contribution < -0.4 is 5.32 Å². The zero-order valence-corrected chi connectivity index (χ0v) is 11.2. The molecular formula is C14H26N2. The van der Waals surface area contributed by atoms with Crippen LogP contribution >= 0.6 is 0 Å². The summed E-state index contributed by atoms with van der Waals surface area (Å²) >= 11 is 0. The standard InChI is InChI=1S/C14H26N2/c1-5-16-14-10-15-9-12(3)7-6-11(2)8-13(14)4/h6,10,12-14,16H,5,7-9H2,1-4H3/b11-6+,15-10?. The third-order valence-electron chi connectivity index (χ3n) is 3.25. The summed E-state index contributed by atoms with van der Waals surface area (Å²) in [4.78, 5) is 4.57. The van der Waals surface area contributed by atoms with Gasteiger partial charge in [-0.1, -0.05) is 32.4 Å². The predicted octanol–water partition coefficient (Wildman–Crippen LogP) is 3.05. The average Bonchev–Trinajstić information content (AvgIpc) is 2.24. The quantitative estimate of drug-likeness (QED) is 0.714. The number of rotatable bonds is 2. The second-order valence-electron chi connectivity index (χ2n) is 5.17. The molecule has 0 spiro atoms. The van der Waals surface area contributed by atoms with Crippen molar-refractivity contribution < 1.29 is 0 Å². The van der Waals surface area contributed by atoms with E-state index >= 15 is 0 Å². The number of hydrogen-bond acceptors (Lipinski definition) is 2. The molecule has 92 valence electrons. The smallest absolute Gasteiger partial charge is 0.0449 e. The Morgan fingerprint density at radius 1 is 1.44 bits per heavy atom. The molecule has 1 N–H and O–H groups in total. The van der Waals surface area contributed by atoms with Gasteiger partial charge >= 0.3 is 0 Å². The molecule has 1 rings (SSSR count). The molecule has 2 heteroatoms. The highest BCUT2D eigenvalue weighted by molar-refractivity contribution is 5.65. The maximum atomic E-state index is 4.57. The van der Waals surface area contributed by atoms with Gasteiger partial charge in [0.05, 0.1) is 0 Å². The highest BCUT2D eigenvalue weighted by Crippen LogP contribution is 2.17. The second-order valence-corrected chi connectivity index (χ2v) is 5.17. The van der Waals surface area contributed by atoms with Gasteiger partial charge < -0.3 is 5.32 Å². The van der Waals surface area contributed by atoms with Crippen molar-refractivity contribution >= 4 is 6.21 Å². The van der Waals surface area contributed by atoms with Gasteiger partial charge in [0.2, 0.25) is 0 Å². The predicted molar refractivity (Wildman–Crippen MR) is 72.1 cm³/mol. The van der Waals surface area contributed by atoms with E-state index in [0.717, 1.165) is 13.1 Å². The highest BCUT2D eigenvalue weighted by atomic mass is 14.9. The third kappa shape index (κ3) is 4.48. The Bertz CT molecular complexity index is 255. The Morgan fingerprint density at radius 3 is 2.88 bits per heavy atom. The van der Waals surface area contributed by atoms with E-state index in [2.05, 4.69) is 50.3 Å². The van der Waals surface area contributed by atoms with Gasteiger partial charge in [0.15, 0.2) is 0 Å². The van der Waals surface area contributed by atoms with Crippen molar-refractivity contribution in [1.29, 1.82) is 0 Å². The van der Waals surface area contributed by atoms with Gasteiger partial charge in [-0.15, -0.1) is 0 Å². The largest absolute Gasteiger partial charge is 0.309 e. The molecule has 3 unspecified atom stereocenters. The van der Waals surface area contributed by atoms with Crippen molar-refractivity contribution in [2.75, 3.05) is 13.1 Å². The summed E-state index contributed by atoms with van der Waals surface area (Å²) in [5.74, 6) is 1.30. The van der Waals surface area contributed by atoms with Gasteiger partial charge in [-0.05, 0) is 38.1 Å². The lowest BCUT2D eigenvalue weighted by molar-refractivity contribution is 0.460. The van der Waals surface area contributed by atoms with Crippen LogP contribution in [0.5, 0.6) is 0 Å². The van der Waals surface area contributed by atoms with E-state index in [9.17, 15) is 0 Å². The molecule has 0 bridgehead atoms. The summed E-state index contributed by atoms with van der Waals surface area (Å²) < 4.78 is 0. The Morgan fingerprint density at radius 2 is 2.19 bits per heavy atom. The number of nitrogens with zero attached hydrogens (tertiary/aromatic N) is 1. The van der Waals surface area contributed by atoms with Crippen LogP contribution in [0.25, 0.3) is 0 Å². The molecule has 0 aromatic heterocycles. The molecule has 1 aliphatic heterocycles. The molecule has 0 saturated carbocycles. The van der Waals surface area contributed by atoms with Gasteiger partial charge in [-0.25, -0.2) is 0 Å². The Balaban J connectivity index is 2.70. The highest BCUT2D eigenvalue weighted by Gasteiger charge is 2.15. The monoisotopic (exact) mass is 222 g/mol. The van der Waals surface area contributed by atoms with Crippen LogP contribution in [0.15, 0.2) is 16.6 Å². The molecule has 0 aromatic carbocycles. The van der Waals surface area contributed by atoms with Crippen LogP contribution in [0.1, 0.15) is 40.5 Å². The topological polar surface area (TPSA) is 24.4 Å². The van der Waals surface area contributed by atoms with Crippen molar-refractivity contribution in [3.8, 4) is 0 Å². The van der Waals surface area contributed by atoms with Crippen molar-refractivity contribution in [3.63, 3.8) is 0 Å². The number of allylic oxidation sites excluding steroid dienone is 2. The van der Waals surface area contributed by atoms with Gasteiger partial charge in [0.1, 0.15) is 0 Å². The molecule has 0 fully saturated rings. The van der Waals surface area contributed by atoms with Crippen molar-refractivity contribution in [2.24, 2.45) is 16.8 Å². The van der Waals surface area contributed by atoms with Crippen molar-refractivity contribution in [1.82, 2.24) is 5.32 Å². The molecule has 0 saturated heterocycles. The molecule has 1 aliphatic rings. The average molecular weight is 222 g/mol. The van der Waals surface area contributed by atoms with Crippen LogP contribution in [0, 0.1) is 11.8 Å². The molecule has 2 nitrogen and oxygen atoms in total. The Kier molecular flexibility index (Phi) is 5.75. The van der Waals surface area contributed by atoms with Crippen molar-refractivity contribution in [2.45, 2.75) is 46.6 Å². The fourth-order valence-electron chi connectivity index (χ4n) is 2.19. The van der Waals surface area contributed by atoms with E-state index in [0.29, 0.717) is 17.9 Å². The molecule has 0 radical (unpaired) electrons. The minimum atomic E-state index is 0.429. The number of hydrogen-bond donors (Lipinski definition) is 1. The molecule has 16 heavy (non-hydrogen) atoms. The van der Waals surface area contributed by atoms with E-state index in [1.807, 2.05) is 0 Å². The van der Waals surface area contributed by atoms with E-state index in [-0.39, 0.29) is 0 Å². The fourth-order valence-corrected chi connectivity index (χ4v) is 2.19. The summed E-state index contributed by atoms with van der Waals surface area (Å²) in [6, 6.07) is 0.429. The molecule has 0 aliphatic carbocycles. The third-order valence-corrected chi connectivity index (χ3v) is 3.25. The van der Waals surface area contributed by atoms with Crippen LogP contribution in [0.4, 0.5) is 0 Å². The summed E-state index contributed by atoms with van der Waals surface area (Å²) in [5, 5.41) is 3.51. The number of aliphatic imine (C=N–C) groups is 1. The zero-order chi connectivity index (χ0) is 12.0. The Labute approximate surface area is 100 Å². The van der Waals surface area contributed by atoms with E-state index in [1.165, 1.54) is 18.4 Å². The van der Waals surface area contributed by atoms with E-state index < -0.39 is 0 Å². The minimum Gasteiger partial charge on any atom is -0.309 e. The van der Waals surface area contributed by atoms with Crippen molar-refractivity contribution in [3.05, 3.63) is 11.6 Å². The molecule has 0 amide bonds. The summed E-state index contributed by atoms with van der Waals surface area (Å²) in [6.45, 7) is 11.0. The summed E-state index contributed by atoms with van der Waals surface area (Å²) in [7, 11) is 0. The first-order valence-electron chi connectivity index (χ1n) is 6.52. The first-order valence-corrected chi connectivity index (χ1v) is 6.52. The second kappa shape index (κ2) is 6.85. The first kappa shape index (κ1) is 13.4. The molecular weight excluding hydrogens is 196 g/mol. The summed E-state index contributed by atoms with van der Waals surface area (Å²) in [6.07, 6.45) is 6.87. The molecule has 3 atom stereocenters. The van der Waals surface area contributed by atoms with Crippen LogP contribution in [-0.4, -0.2) is 25.3 Å². The van der Waals surface area contributed by atoms with E-state index in [4.69, 9.17) is 0 Å². The maximum Gasteiger partial charge on any atom is 0.0449 e. The first-order chi connectivity index (χ1) is 7.63. The minimum absolute atomic E-state index is 0.429. The van der Waals surface area contributed by atoms with E-state index in [1.54, 1.807) is 0 Å². The SMILES string of the molecule is CCNC1C=NCC(C)C/C=C(\C)CC1C. The summed E-state index contributed by atoms with van der Waals surface area (Å²) in [5.41, 5.74) is 1.53. The fraction of sp³-hybridized carbons (Fsp3) is 0.786. The van der Waals surface area contributed by atoms with Gasteiger partial charge in [0, 0.05) is 18.8 Å². The van der Waals surface area contributed by atoms with Crippen LogP contribution in [0.2, 0.25) is 0 Å². The lowest BCUT2D eigenvalue weighted by Gasteiger charge is -2.23. The molecule has 0 aromatic rings. The zero-order valence-electron chi connectivity index (χ0n) is 11.2. The van der Waals surface area contributed by atoms with Crippen LogP contribution in [0.3, 0.4) is 0 Å². The maximum absolute atomic E-state index is 4.57.